The highest BCUT2D eigenvalue weighted by Gasteiger charge is 2.07. The van der Waals surface area contributed by atoms with Crippen LogP contribution in [-0.4, -0.2) is 19.1 Å². The van der Waals surface area contributed by atoms with Crippen LogP contribution in [0.5, 0.6) is 0 Å². The molecule has 0 aliphatic rings. The molecule has 4 heteroatoms. The quantitative estimate of drug-likeness (QED) is 0.725. The van der Waals surface area contributed by atoms with Crippen LogP contribution in [-0.2, 0) is 11.2 Å². The fraction of sp³-hybridized carbons (Fsp3) is 0.455. The molecular weight excluding hydrogens is 238 g/mol. The van der Waals surface area contributed by atoms with Gasteiger partial charge in [0.1, 0.15) is 5.82 Å². The highest BCUT2D eigenvalue weighted by Crippen LogP contribution is 2.20. The number of ether oxygens (including phenoxy) is 1. The predicted octanol–water partition coefficient (Wildman–Crippen LogP) is 3.67. The van der Waals surface area contributed by atoms with Gasteiger partial charge in [0.05, 0.1) is 12.0 Å². The molecule has 0 fully saturated rings. The van der Waals surface area contributed by atoms with E-state index in [0.29, 0.717) is 11.6 Å². The Morgan fingerprint density at radius 1 is 1.47 bits per heavy atom. The first-order valence-electron chi connectivity index (χ1n) is 4.70. The molecule has 0 spiro atoms. The summed E-state index contributed by atoms with van der Waals surface area (Å²) in [5, 5.41) is 0.424. The third-order valence-electron chi connectivity index (χ3n) is 2.09. The monoisotopic (exact) mass is 250 g/mol. The third-order valence-corrected chi connectivity index (χ3v) is 2.79. The molecule has 0 aliphatic carbocycles. The maximum Gasteiger partial charge on any atom is 0.124 e. The molecule has 1 atom stereocenters. The van der Waals surface area contributed by atoms with Gasteiger partial charge in [-0.3, -0.25) is 0 Å². The Bertz CT molecular complexity index is 317. The first-order valence-corrected chi connectivity index (χ1v) is 5.52. The minimum Gasteiger partial charge on any atom is -0.383 e. The summed E-state index contributed by atoms with van der Waals surface area (Å²) in [6.07, 6.45) is 1.50. The van der Waals surface area contributed by atoms with Crippen LogP contribution in [0.1, 0.15) is 12.0 Å². The molecule has 0 aliphatic heterocycles. The fourth-order valence-electron chi connectivity index (χ4n) is 1.30. The maximum atomic E-state index is 12.7. The van der Waals surface area contributed by atoms with E-state index in [1.165, 1.54) is 12.1 Å². The molecule has 1 aromatic rings. The van der Waals surface area contributed by atoms with E-state index in [0.717, 1.165) is 18.4 Å². The first-order chi connectivity index (χ1) is 7.13. The van der Waals surface area contributed by atoms with Crippen LogP contribution in [0, 0.1) is 5.82 Å². The van der Waals surface area contributed by atoms with Crippen LogP contribution in [0.25, 0.3) is 0 Å². The van der Waals surface area contributed by atoms with Crippen LogP contribution >= 0.6 is 23.2 Å². The molecule has 0 N–H and O–H groups in total. The van der Waals surface area contributed by atoms with Crippen LogP contribution in [0.2, 0.25) is 5.02 Å². The Morgan fingerprint density at radius 2 is 2.20 bits per heavy atom. The van der Waals surface area contributed by atoms with Crippen LogP contribution in [0.4, 0.5) is 4.39 Å². The Kier molecular flexibility index (Phi) is 5.37. The van der Waals surface area contributed by atoms with Gasteiger partial charge in [-0.1, -0.05) is 17.7 Å². The number of hydrogen-bond acceptors (Lipinski definition) is 1. The Balaban J connectivity index is 2.50. The van der Waals surface area contributed by atoms with Crippen LogP contribution in [0.3, 0.4) is 0 Å². The summed E-state index contributed by atoms with van der Waals surface area (Å²) in [5.74, 6) is -0.317. The molecular formula is C11H13Cl2FO. The van der Waals surface area contributed by atoms with Gasteiger partial charge in [-0.15, -0.1) is 11.6 Å². The van der Waals surface area contributed by atoms with E-state index < -0.39 is 0 Å². The molecule has 1 aromatic carbocycles. The highest BCUT2D eigenvalue weighted by atomic mass is 35.5. The van der Waals surface area contributed by atoms with Crippen molar-refractivity contribution in [1.82, 2.24) is 0 Å². The normalized spacial score (nSPS) is 12.8. The molecule has 1 nitrogen and oxygen atoms in total. The van der Waals surface area contributed by atoms with Crippen molar-refractivity contribution >= 4 is 23.2 Å². The van der Waals surface area contributed by atoms with Crippen molar-refractivity contribution in [3.05, 3.63) is 34.6 Å². The van der Waals surface area contributed by atoms with Gasteiger partial charge < -0.3 is 4.74 Å². The zero-order chi connectivity index (χ0) is 11.3. The molecule has 0 bridgehead atoms. The zero-order valence-corrected chi connectivity index (χ0v) is 9.98. The molecule has 84 valence electrons. The van der Waals surface area contributed by atoms with Gasteiger partial charge in [-0.2, -0.15) is 0 Å². The number of methoxy groups -OCH3 is 1. The smallest absolute Gasteiger partial charge is 0.124 e. The van der Waals surface area contributed by atoms with Crippen molar-refractivity contribution in [1.29, 1.82) is 0 Å². The second-order valence-corrected chi connectivity index (χ2v) is 4.35. The predicted molar refractivity (Wildman–Crippen MR) is 61.2 cm³/mol. The number of aryl methyl sites for hydroxylation is 1. The van der Waals surface area contributed by atoms with E-state index in [4.69, 9.17) is 27.9 Å². The van der Waals surface area contributed by atoms with Gasteiger partial charge in [0, 0.05) is 12.1 Å². The molecule has 0 aromatic heterocycles. The summed E-state index contributed by atoms with van der Waals surface area (Å²) >= 11 is 11.8. The molecule has 1 rings (SSSR count). The van der Waals surface area contributed by atoms with Crippen molar-refractivity contribution in [3.63, 3.8) is 0 Å². The van der Waals surface area contributed by atoms with E-state index >= 15 is 0 Å². The lowest BCUT2D eigenvalue weighted by atomic mass is 10.1. The summed E-state index contributed by atoms with van der Waals surface area (Å²) in [5.41, 5.74) is 0.916. The summed E-state index contributed by atoms with van der Waals surface area (Å²) < 4.78 is 17.7. The minimum absolute atomic E-state index is 0.0314. The Morgan fingerprint density at radius 3 is 2.80 bits per heavy atom. The lowest BCUT2D eigenvalue weighted by Gasteiger charge is -2.08. The van der Waals surface area contributed by atoms with E-state index in [2.05, 4.69) is 0 Å². The number of rotatable bonds is 5. The average Bonchev–Trinajstić information content (AvgIpc) is 2.17. The second kappa shape index (κ2) is 6.31. The molecule has 1 unspecified atom stereocenters. The van der Waals surface area contributed by atoms with Crippen molar-refractivity contribution in [3.8, 4) is 0 Å². The largest absolute Gasteiger partial charge is 0.383 e. The summed E-state index contributed by atoms with van der Waals surface area (Å²) in [6.45, 7) is 0.514. The van der Waals surface area contributed by atoms with Crippen LogP contribution in [0.15, 0.2) is 18.2 Å². The van der Waals surface area contributed by atoms with Gasteiger partial charge in [0.15, 0.2) is 0 Å². The SMILES string of the molecule is COCC(Cl)CCc1ccc(F)cc1Cl. The topological polar surface area (TPSA) is 9.23 Å². The maximum absolute atomic E-state index is 12.7. The van der Waals surface area contributed by atoms with Gasteiger partial charge in [0.2, 0.25) is 0 Å². The summed E-state index contributed by atoms with van der Waals surface area (Å²) in [6, 6.07) is 4.41. The number of hydrogen-bond donors (Lipinski definition) is 0. The zero-order valence-electron chi connectivity index (χ0n) is 8.47. The van der Waals surface area contributed by atoms with Gasteiger partial charge in [-0.25, -0.2) is 4.39 Å². The van der Waals surface area contributed by atoms with Gasteiger partial charge in [-0.05, 0) is 30.5 Å². The summed E-state index contributed by atoms with van der Waals surface area (Å²) in [7, 11) is 1.61. The fourth-order valence-corrected chi connectivity index (χ4v) is 1.80. The number of halogens is 3. The lowest BCUT2D eigenvalue weighted by molar-refractivity contribution is 0.195. The average molecular weight is 251 g/mol. The minimum atomic E-state index is -0.317. The second-order valence-electron chi connectivity index (χ2n) is 3.33. The van der Waals surface area contributed by atoms with Gasteiger partial charge >= 0.3 is 0 Å². The highest BCUT2D eigenvalue weighted by molar-refractivity contribution is 6.31. The molecule has 0 radical (unpaired) electrons. The lowest BCUT2D eigenvalue weighted by Crippen LogP contribution is -2.08. The molecule has 15 heavy (non-hydrogen) atoms. The molecule has 0 saturated heterocycles. The molecule has 0 saturated carbocycles. The van der Waals surface area contributed by atoms with Gasteiger partial charge in [0.25, 0.3) is 0 Å². The first kappa shape index (κ1) is 12.8. The number of alkyl halides is 1. The van der Waals surface area contributed by atoms with Crippen molar-refractivity contribution in [2.45, 2.75) is 18.2 Å². The van der Waals surface area contributed by atoms with Crippen molar-refractivity contribution in [2.75, 3.05) is 13.7 Å². The molecule has 0 amide bonds. The Labute approximate surface area is 99.1 Å². The standard InChI is InChI=1S/C11H13Cl2FO/c1-15-7-9(12)4-2-8-3-5-10(14)6-11(8)13/h3,5-6,9H,2,4,7H2,1H3. The van der Waals surface area contributed by atoms with E-state index in [-0.39, 0.29) is 11.2 Å². The Hall–Kier alpha value is -0.310. The van der Waals surface area contributed by atoms with E-state index in [1.54, 1.807) is 13.2 Å². The van der Waals surface area contributed by atoms with Crippen LogP contribution < -0.4 is 0 Å². The number of benzene rings is 1. The third kappa shape index (κ3) is 4.37. The van der Waals surface area contributed by atoms with E-state index in [9.17, 15) is 4.39 Å². The van der Waals surface area contributed by atoms with Crippen molar-refractivity contribution in [2.24, 2.45) is 0 Å². The van der Waals surface area contributed by atoms with Crippen molar-refractivity contribution < 1.29 is 9.13 Å². The van der Waals surface area contributed by atoms with E-state index in [1.807, 2.05) is 0 Å². The molecule has 0 heterocycles. The summed E-state index contributed by atoms with van der Waals surface area (Å²) in [4.78, 5) is 0.